The fourth-order valence-electron chi connectivity index (χ4n) is 1.04. The Bertz CT molecular complexity index is 323. The van der Waals surface area contributed by atoms with Crippen LogP contribution in [-0.2, 0) is 0 Å². The predicted octanol–water partition coefficient (Wildman–Crippen LogP) is 2.76. The molecular weight excluding hydrogens is 198 g/mol. The summed E-state index contributed by atoms with van der Waals surface area (Å²) in [6.07, 6.45) is 0. The van der Waals surface area contributed by atoms with Crippen LogP contribution in [0.2, 0.25) is 5.02 Å². The van der Waals surface area contributed by atoms with E-state index >= 15 is 0 Å². The summed E-state index contributed by atoms with van der Waals surface area (Å²) in [5.74, 6) is 0.808. The molecule has 0 fully saturated rings. The highest BCUT2D eigenvalue weighted by Gasteiger charge is 2.17. The first kappa shape index (κ1) is 11.3. The van der Waals surface area contributed by atoms with Crippen LogP contribution in [0.5, 0.6) is 5.75 Å². The Labute approximate surface area is 90.0 Å². The van der Waals surface area contributed by atoms with Crippen LogP contribution in [0.4, 0.5) is 0 Å². The van der Waals surface area contributed by atoms with Crippen molar-refractivity contribution >= 4 is 11.6 Å². The van der Waals surface area contributed by atoms with Crippen molar-refractivity contribution in [1.29, 1.82) is 0 Å². The minimum atomic E-state index is -0.333. The lowest BCUT2D eigenvalue weighted by Gasteiger charge is -2.24. The van der Waals surface area contributed by atoms with E-state index in [2.05, 4.69) is 0 Å². The van der Waals surface area contributed by atoms with Crippen molar-refractivity contribution < 1.29 is 4.74 Å². The van der Waals surface area contributed by atoms with E-state index in [0.717, 1.165) is 16.3 Å². The van der Waals surface area contributed by atoms with Crippen LogP contribution < -0.4 is 10.5 Å². The topological polar surface area (TPSA) is 35.2 Å². The molecule has 1 aromatic carbocycles. The number of rotatable bonds is 3. The molecular formula is C11H16ClNO. The van der Waals surface area contributed by atoms with Crippen LogP contribution in [-0.4, -0.2) is 12.1 Å². The lowest BCUT2D eigenvalue weighted by atomic mass is 10.1. The van der Waals surface area contributed by atoms with Crippen molar-refractivity contribution in [1.82, 2.24) is 0 Å². The highest BCUT2D eigenvalue weighted by Crippen LogP contribution is 2.23. The molecule has 14 heavy (non-hydrogen) atoms. The molecule has 0 spiro atoms. The third-order valence-corrected chi connectivity index (χ3v) is 2.44. The molecule has 3 heteroatoms. The van der Waals surface area contributed by atoms with E-state index < -0.39 is 0 Å². The number of hydrogen-bond acceptors (Lipinski definition) is 2. The fraction of sp³-hybridized carbons (Fsp3) is 0.455. The van der Waals surface area contributed by atoms with Crippen molar-refractivity contribution in [3.8, 4) is 5.75 Å². The summed E-state index contributed by atoms with van der Waals surface area (Å²) in [6.45, 7) is 6.34. The van der Waals surface area contributed by atoms with Gasteiger partial charge in [0.15, 0.2) is 0 Å². The van der Waals surface area contributed by atoms with Gasteiger partial charge in [0, 0.05) is 11.6 Å². The van der Waals surface area contributed by atoms with Crippen LogP contribution in [0.3, 0.4) is 0 Å². The lowest BCUT2D eigenvalue weighted by molar-refractivity contribution is 0.119. The Balaban J connectivity index is 2.83. The number of nitrogens with two attached hydrogens (primary N) is 1. The van der Waals surface area contributed by atoms with Crippen molar-refractivity contribution in [3.63, 3.8) is 0 Å². The first-order valence-electron chi connectivity index (χ1n) is 4.60. The van der Waals surface area contributed by atoms with Crippen LogP contribution in [0.25, 0.3) is 0 Å². The first-order chi connectivity index (χ1) is 6.44. The van der Waals surface area contributed by atoms with E-state index in [-0.39, 0.29) is 5.60 Å². The zero-order valence-electron chi connectivity index (χ0n) is 8.80. The molecule has 1 rings (SSSR count). The summed E-state index contributed by atoms with van der Waals surface area (Å²) in [5.41, 5.74) is 6.25. The van der Waals surface area contributed by atoms with E-state index in [0.29, 0.717) is 6.54 Å². The third kappa shape index (κ3) is 2.89. The second kappa shape index (κ2) is 4.20. The Morgan fingerprint density at radius 1 is 1.43 bits per heavy atom. The maximum atomic E-state index is 5.91. The van der Waals surface area contributed by atoms with Gasteiger partial charge in [-0.25, -0.2) is 0 Å². The highest BCUT2D eigenvalue weighted by atomic mass is 35.5. The Hall–Kier alpha value is -0.730. The smallest absolute Gasteiger partial charge is 0.120 e. The third-order valence-electron chi connectivity index (χ3n) is 2.02. The molecule has 0 atom stereocenters. The van der Waals surface area contributed by atoms with Crippen LogP contribution in [0.1, 0.15) is 19.4 Å². The van der Waals surface area contributed by atoms with Crippen LogP contribution >= 0.6 is 11.6 Å². The van der Waals surface area contributed by atoms with E-state index in [9.17, 15) is 0 Å². The molecule has 0 saturated heterocycles. The molecule has 1 aromatic rings. The molecule has 0 saturated carbocycles. The van der Waals surface area contributed by atoms with Gasteiger partial charge in [0.2, 0.25) is 0 Å². The lowest BCUT2D eigenvalue weighted by Crippen LogP contribution is -2.37. The second-order valence-corrected chi connectivity index (χ2v) is 4.38. The van der Waals surface area contributed by atoms with Gasteiger partial charge in [0.1, 0.15) is 11.4 Å². The number of benzene rings is 1. The summed E-state index contributed by atoms with van der Waals surface area (Å²) in [4.78, 5) is 0. The molecule has 0 aliphatic rings. The minimum Gasteiger partial charge on any atom is -0.487 e. The highest BCUT2D eigenvalue weighted by molar-refractivity contribution is 6.31. The molecule has 0 amide bonds. The fourth-order valence-corrected chi connectivity index (χ4v) is 1.16. The molecule has 0 radical (unpaired) electrons. The summed E-state index contributed by atoms with van der Waals surface area (Å²) in [7, 11) is 0. The predicted molar refractivity (Wildman–Crippen MR) is 60.0 cm³/mol. The zero-order valence-corrected chi connectivity index (χ0v) is 9.56. The van der Waals surface area contributed by atoms with Crippen molar-refractivity contribution in [2.24, 2.45) is 5.73 Å². The molecule has 0 aliphatic heterocycles. The van der Waals surface area contributed by atoms with E-state index in [1.54, 1.807) is 0 Å². The van der Waals surface area contributed by atoms with Crippen molar-refractivity contribution in [2.75, 3.05) is 6.54 Å². The van der Waals surface area contributed by atoms with Gasteiger partial charge in [-0.15, -0.1) is 0 Å². The van der Waals surface area contributed by atoms with Crippen molar-refractivity contribution in [3.05, 3.63) is 28.8 Å². The van der Waals surface area contributed by atoms with E-state index in [4.69, 9.17) is 22.1 Å². The van der Waals surface area contributed by atoms with Gasteiger partial charge >= 0.3 is 0 Å². The monoisotopic (exact) mass is 213 g/mol. The standard InChI is InChI=1S/C11H16ClNO/c1-8-6-9(4-5-10(8)12)14-11(2,3)7-13/h4-6H,7,13H2,1-3H3. The van der Waals surface area contributed by atoms with Gasteiger partial charge in [0.25, 0.3) is 0 Å². The minimum absolute atomic E-state index is 0.333. The Morgan fingerprint density at radius 3 is 2.57 bits per heavy atom. The molecule has 0 unspecified atom stereocenters. The van der Waals surface area contributed by atoms with E-state index in [1.807, 2.05) is 39.0 Å². The molecule has 2 nitrogen and oxygen atoms in total. The van der Waals surface area contributed by atoms with Crippen molar-refractivity contribution in [2.45, 2.75) is 26.4 Å². The molecule has 0 aliphatic carbocycles. The van der Waals surface area contributed by atoms with Gasteiger partial charge in [0.05, 0.1) is 0 Å². The molecule has 0 heterocycles. The number of ether oxygens (including phenoxy) is 1. The maximum absolute atomic E-state index is 5.91. The Kier molecular flexibility index (Phi) is 3.40. The van der Waals surface area contributed by atoms with Gasteiger partial charge < -0.3 is 10.5 Å². The van der Waals surface area contributed by atoms with Gasteiger partial charge in [-0.1, -0.05) is 11.6 Å². The molecule has 2 N–H and O–H groups in total. The largest absolute Gasteiger partial charge is 0.487 e. The molecule has 0 aromatic heterocycles. The summed E-state index contributed by atoms with van der Waals surface area (Å²) in [6, 6.07) is 5.60. The average Bonchev–Trinajstić information content (AvgIpc) is 2.11. The van der Waals surface area contributed by atoms with Gasteiger partial charge in [-0.2, -0.15) is 0 Å². The average molecular weight is 214 g/mol. The zero-order chi connectivity index (χ0) is 10.8. The maximum Gasteiger partial charge on any atom is 0.120 e. The van der Waals surface area contributed by atoms with Crippen LogP contribution in [0.15, 0.2) is 18.2 Å². The number of hydrogen-bond donors (Lipinski definition) is 1. The molecule has 0 bridgehead atoms. The van der Waals surface area contributed by atoms with Crippen LogP contribution in [0, 0.1) is 6.92 Å². The SMILES string of the molecule is Cc1cc(OC(C)(C)CN)ccc1Cl. The summed E-state index contributed by atoms with van der Waals surface area (Å²) < 4.78 is 5.70. The summed E-state index contributed by atoms with van der Waals surface area (Å²) >= 11 is 5.91. The number of aryl methyl sites for hydroxylation is 1. The van der Waals surface area contributed by atoms with E-state index in [1.165, 1.54) is 0 Å². The number of halogens is 1. The first-order valence-corrected chi connectivity index (χ1v) is 4.98. The van der Waals surface area contributed by atoms with Gasteiger partial charge in [-0.05, 0) is 44.5 Å². The Morgan fingerprint density at radius 2 is 2.07 bits per heavy atom. The van der Waals surface area contributed by atoms with Gasteiger partial charge in [-0.3, -0.25) is 0 Å². The normalized spacial score (nSPS) is 11.5. The molecule has 78 valence electrons. The summed E-state index contributed by atoms with van der Waals surface area (Å²) in [5, 5.41) is 0.753. The second-order valence-electron chi connectivity index (χ2n) is 3.98. The quantitative estimate of drug-likeness (QED) is 0.838.